The first kappa shape index (κ1) is 9.33. The molecule has 1 saturated carbocycles. The zero-order chi connectivity index (χ0) is 8.32. The minimum atomic E-state index is -2.94. The van der Waals surface area contributed by atoms with E-state index in [-0.39, 0.29) is 5.21 Å². The van der Waals surface area contributed by atoms with Gasteiger partial charge in [0.2, 0.25) is 0 Å². The van der Waals surface area contributed by atoms with E-state index in [1.54, 1.807) is 0 Å². The minimum Gasteiger partial charge on any atom is -0.228 e. The molecule has 0 aromatic heterocycles. The summed E-state index contributed by atoms with van der Waals surface area (Å²) in [6.07, 6.45) is 4.50. The molecule has 0 atom stereocenters. The van der Waals surface area contributed by atoms with Gasteiger partial charge in [0.05, 0.1) is 5.75 Å². The van der Waals surface area contributed by atoms with Gasteiger partial charge in [0, 0.05) is 0 Å². The Morgan fingerprint density at radius 3 is 2.27 bits per heavy atom. The summed E-state index contributed by atoms with van der Waals surface area (Å²) in [6.45, 7) is 0. The highest BCUT2D eigenvalue weighted by molar-refractivity contribution is 7.92. The molecule has 0 saturated heterocycles. The van der Waals surface area contributed by atoms with Crippen LogP contribution in [0.25, 0.3) is 0 Å². The van der Waals surface area contributed by atoms with Gasteiger partial charge in [-0.2, -0.15) is 0 Å². The van der Waals surface area contributed by atoms with E-state index < -0.39 is 9.84 Å². The molecule has 1 aliphatic rings. The first-order chi connectivity index (χ1) is 5.14. The van der Waals surface area contributed by atoms with Crippen molar-refractivity contribution in [2.45, 2.75) is 25.7 Å². The molecule has 11 heavy (non-hydrogen) atoms. The summed E-state index contributed by atoms with van der Waals surface area (Å²) in [4.78, 5) is 0. The summed E-state index contributed by atoms with van der Waals surface area (Å²) < 4.78 is 22.0. The summed E-state index contributed by atoms with van der Waals surface area (Å²) in [6, 6.07) is 0. The molecule has 0 bridgehead atoms. The van der Waals surface area contributed by atoms with Crippen molar-refractivity contribution < 1.29 is 8.42 Å². The first-order valence-electron chi connectivity index (χ1n) is 3.90. The molecular formula is C7H13ClO2S. The standard InChI is InChI=1S/C7H13ClO2S/c8-6-11(9,10)5-7-3-1-2-4-7/h7H,1-6H2. The monoisotopic (exact) mass is 196 g/mol. The average molecular weight is 197 g/mol. The molecule has 0 N–H and O–H groups in total. The third-order valence-electron chi connectivity index (χ3n) is 2.13. The average Bonchev–Trinajstić information content (AvgIpc) is 2.39. The third kappa shape index (κ3) is 2.99. The van der Waals surface area contributed by atoms with Crippen molar-refractivity contribution >= 4 is 21.4 Å². The van der Waals surface area contributed by atoms with E-state index in [1.165, 1.54) is 12.8 Å². The highest BCUT2D eigenvalue weighted by Crippen LogP contribution is 2.26. The second-order valence-corrected chi connectivity index (χ2v) is 5.86. The lowest BCUT2D eigenvalue weighted by Gasteiger charge is -2.06. The van der Waals surface area contributed by atoms with Gasteiger partial charge in [0.15, 0.2) is 9.84 Å². The third-order valence-corrected chi connectivity index (χ3v) is 4.44. The van der Waals surface area contributed by atoms with E-state index in [1.807, 2.05) is 0 Å². The van der Waals surface area contributed by atoms with E-state index in [2.05, 4.69) is 0 Å². The highest BCUT2D eigenvalue weighted by atomic mass is 35.5. The van der Waals surface area contributed by atoms with Gasteiger partial charge in [0.25, 0.3) is 0 Å². The molecule has 0 aromatic rings. The maximum atomic E-state index is 11.0. The number of halogens is 1. The second kappa shape index (κ2) is 3.76. The second-order valence-electron chi connectivity index (χ2n) is 3.17. The van der Waals surface area contributed by atoms with Crippen LogP contribution in [-0.2, 0) is 9.84 Å². The lowest BCUT2D eigenvalue weighted by atomic mass is 10.1. The predicted molar refractivity (Wildman–Crippen MR) is 46.5 cm³/mol. The van der Waals surface area contributed by atoms with Gasteiger partial charge >= 0.3 is 0 Å². The van der Waals surface area contributed by atoms with Crippen molar-refractivity contribution in [3.05, 3.63) is 0 Å². The minimum absolute atomic E-state index is 0.219. The predicted octanol–water partition coefficient (Wildman–Crippen LogP) is 1.79. The van der Waals surface area contributed by atoms with Crippen molar-refractivity contribution in [2.75, 3.05) is 11.0 Å². The summed E-state index contributed by atoms with van der Waals surface area (Å²) >= 11 is 5.28. The Bertz CT molecular complexity index is 204. The van der Waals surface area contributed by atoms with Crippen LogP contribution in [0.2, 0.25) is 0 Å². The fourth-order valence-corrected chi connectivity index (χ4v) is 2.99. The summed E-state index contributed by atoms with van der Waals surface area (Å²) in [7, 11) is -2.94. The smallest absolute Gasteiger partial charge is 0.164 e. The van der Waals surface area contributed by atoms with Gasteiger partial charge in [-0.15, -0.1) is 11.6 Å². The lowest BCUT2D eigenvalue weighted by Crippen LogP contribution is -2.14. The van der Waals surface area contributed by atoms with E-state index >= 15 is 0 Å². The van der Waals surface area contributed by atoms with Crippen LogP contribution in [0.4, 0.5) is 0 Å². The Morgan fingerprint density at radius 2 is 1.82 bits per heavy atom. The first-order valence-corrected chi connectivity index (χ1v) is 6.26. The molecular weight excluding hydrogens is 184 g/mol. The highest BCUT2D eigenvalue weighted by Gasteiger charge is 2.21. The molecule has 0 amide bonds. The van der Waals surface area contributed by atoms with E-state index in [0.717, 1.165) is 12.8 Å². The van der Waals surface area contributed by atoms with Gasteiger partial charge in [-0.1, -0.05) is 12.8 Å². The van der Waals surface area contributed by atoms with Crippen LogP contribution in [0.5, 0.6) is 0 Å². The SMILES string of the molecule is O=S(=O)(CCl)CC1CCCC1. The summed E-state index contributed by atoms with van der Waals surface area (Å²) in [5.74, 6) is 0.690. The van der Waals surface area contributed by atoms with Gasteiger partial charge in [0.1, 0.15) is 5.21 Å². The van der Waals surface area contributed by atoms with Crippen molar-refractivity contribution in [3.8, 4) is 0 Å². The molecule has 2 nitrogen and oxygen atoms in total. The lowest BCUT2D eigenvalue weighted by molar-refractivity contribution is 0.562. The number of hydrogen-bond donors (Lipinski definition) is 0. The molecule has 1 rings (SSSR count). The van der Waals surface area contributed by atoms with Crippen LogP contribution in [0.15, 0.2) is 0 Å². The fourth-order valence-electron chi connectivity index (χ4n) is 1.58. The molecule has 1 aliphatic carbocycles. The van der Waals surface area contributed by atoms with Crippen LogP contribution in [0, 0.1) is 5.92 Å². The normalized spacial score (nSPS) is 20.8. The van der Waals surface area contributed by atoms with Crippen LogP contribution in [0.1, 0.15) is 25.7 Å². The van der Waals surface area contributed by atoms with Gasteiger partial charge in [-0.05, 0) is 18.8 Å². The van der Waals surface area contributed by atoms with E-state index in [9.17, 15) is 8.42 Å². The van der Waals surface area contributed by atoms with Crippen LogP contribution >= 0.6 is 11.6 Å². The molecule has 1 fully saturated rings. The molecule has 66 valence electrons. The number of sulfone groups is 1. The van der Waals surface area contributed by atoms with Gasteiger partial charge in [-0.25, -0.2) is 8.42 Å². The summed E-state index contributed by atoms with van der Waals surface area (Å²) in [5, 5.41) is -0.219. The number of rotatable bonds is 3. The molecule has 0 radical (unpaired) electrons. The van der Waals surface area contributed by atoms with Gasteiger partial charge < -0.3 is 0 Å². The zero-order valence-electron chi connectivity index (χ0n) is 6.42. The Hall–Kier alpha value is 0.240. The van der Waals surface area contributed by atoms with Crippen molar-refractivity contribution in [2.24, 2.45) is 5.92 Å². The Morgan fingerprint density at radius 1 is 1.27 bits per heavy atom. The Labute approximate surface area is 72.9 Å². The number of alkyl halides is 1. The maximum Gasteiger partial charge on any atom is 0.164 e. The van der Waals surface area contributed by atoms with Crippen molar-refractivity contribution in [1.29, 1.82) is 0 Å². The van der Waals surface area contributed by atoms with Crippen molar-refractivity contribution in [3.63, 3.8) is 0 Å². The largest absolute Gasteiger partial charge is 0.228 e. The molecule has 4 heteroatoms. The van der Waals surface area contributed by atoms with E-state index in [4.69, 9.17) is 11.6 Å². The van der Waals surface area contributed by atoms with Crippen LogP contribution < -0.4 is 0 Å². The van der Waals surface area contributed by atoms with Crippen LogP contribution in [0.3, 0.4) is 0 Å². The van der Waals surface area contributed by atoms with Gasteiger partial charge in [-0.3, -0.25) is 0 Å². The number of hydrogen-bond acceptors (Lipinski definition) is 2. The molecule has 0 spiro atoms. The fraction of sp³-hybridized carbons (Fsp3) is 1.00. The Balaban J connectivity index is 2.41. The quantitative estimate of drug-likeness (QED) is 0.645. The Kier molecular flexibility index (Phi) is 3.19. The molecule has 0 unspecified atom stereocenters. The zero-order valence-corrected chi connectivity index (χ0v) is 8.00. The maximum absolute atomic E-state index is 11.0. The summed E-state index contributed by atoms with van der Waals surface area (Å²) in [5.41, 5.74) is 0. The molecule has 0 aliphatic heterocycles. The van der Waals surface area contributed by atoms with E-state index in [0.29, 0.717) is 11.7 Å². The molecule has 0 heterocycles. The molecule has 0 aromatic carbocycles. The topological polar surface area (TPSA) is 34.1 Å². The van der Waals surface area contributed by atoms with Crippen molar-refractivity contribution in [1.82, 2.24) is 0 Å². The van der Waals surface area contributed by atoms with Crippen LogP contribution in [-0.4, -0.2) is 19.4 Å².